The van der Waals surface area contributed by atoms with E-state index in [1.54, 1.807) is 30.3 Å². The van der Waals surface area contributed by atoms with Gasteiger partial charge in [-0.1, -0.05) is 12.1 Å². The van der Waals surface area contributed by atoms with Crippen LogP contribution in [0.2, 0.25) is 0 Å². The highest BCUT2D eigenvalue weighted by Gasteiger charge is 2.14. The van der Waals surface area contributed by atoms with E-state index in [-0.39, 0.29) is 11.4 Å². The molecule has 2 heterocycles. The molecular weight excluding hydrogens is 329 g/mol. The van der Waals surface area contributed by atoms with Crippen molar-refractivity contribution >= 4 is 10.9 Å². The lowest BCUT2D eigenvalue weighted by Crippen LogP contribution is -1.89. The van der Waals surface area contributed by atoms with Crippen LogP contribution in [0.15, 0.2) is 65.5 Å². The van der Waals surface area contributed by atoms with Crippen LogP contribution in [-0.4, -0.2) is 9.97 Å². The van der Waals surface area contributed by atoms with Gasteiger partial charge in [-0.15, -0.1) is 0 Å². The highest BCUT2D eigenvalue weighted by molar-refractivity contribution is 5.86. The number of nitrogens with zero attached hydrogens (tertiary/aromatic N) is 2. The summed E-state index contributed by atoms with van der Waals surface area (Å²) in [5.41, 5.74) is 2.46. The topological polar surface area (TPSA) is 38.9 Å². The molecular formula is C19H11F3N2O. The van der Waals surface area contributed by atoms with Crippen LogP contribution in [-0.2, 0) is 0 Å². The van der Waals surface area contributed by atoms with E-state index in [9.17, 15) is 13.2 Å². The van der Waals surface area contributed by atoms with E-state index < -0.39 is 6.43 Å². The number of oxazole rings is 1. The highest BCUT2D eigenvalue weighted by Crippen LogP contribution is 2.33. The summed E-state index contributed by atoms with van der Waals surface area (Å²) in [5.74, 6) is 0.165. The lowest BCUT2D eigenvalue weighted by molar-refractivity contribution is 0.151. The van der Waals surface area contributed by atoms with E-state index >= 15 is 0 Å². The number of aromatic nitrogens is 2. The average Bonchev–Trinajstić information content (AvgIpc) is 3.11. The van der Waals surface area contributed by atoms with Crippen molar-refractivity contribution in [1.82, 2.24) is 9.97 Å². The van der Waals surface area contributed by atoms with E-state index in [2.05, 4.69) is 9.97 Å². The molecule has 0 atom stereocenters. The van der Waals surface area contributed by atoms with Crippen LogP contribution in [0.3, 0.4) is 0 Å². The van der Waals surface area contributed by atoms with Gasteiger partial charge in [-0.25, -0.2) is 18.2 Å². The Morgan fingerprint density at radius 3 is 2.40 bits per heavy atom. The quantitative estimate of drug-likeness (QED) is 0.485. The zero-order chi connectivity index (χ0) is 17.4. The number of benzene rings is 2. The van der Waals surface area contributed by atoms with Crippen molar-refractivity contribution in [3.05, 3.63) is 72.5 Å². The summed E-state index contributed by atoms with van der Waals surface area (Å²) >= 11 is 0. The highest BCUT2D eigenvalue weighted by atomic mass is 19.3. The van der Waals surface area contributed by atoms with Gasteiger partial charge in [0.2, 0.25) is 0 Å². The molecule has 0 fully saturated rings. The minimum absolute atomic E-state index is 0.117. The van der Waals surface area contributed by atoms with Gasteiger partial charge < -0.3 is 4.42 Å². The summed E-state index contributed by atoms with van der Waals surface area (Å²) in [6.45, 7) is 0. The zero-order valence-corrected chi connectivity index (χ0v) is 12.8. The molecule has 0 unspecified atom stereocenters. The Morgan fingerprint density at radius 2 is 1.64 bits per heavy atom. The molecule has 6 heteroatoms. The molecule has 0 aliphatic heterocycles. The second-order valence-electron chi connectivity index (χ2n) is 5.51. The summed E-state index contributed by atoms with van der Waals surface area (Å²) < 4.78 is 44.1. The molecule has 2 aromatic carbocycles. The van der Waals surface area contributed by atoms with Crippen LogP contribution in [0, 0.1) is 5.82 Å². The Morgan fingerprint density at radius 1 is 0.880 bits per heavy atom. The molecule has 4 aromatic rings. The molecule has 0 spiro atoms. The molecule has 0 amide bonds. The van der Waals surface area contributed by atoms with Gasteiger partial charge in [0.1, 0.15) is 11.5 Å². The van der Waals surface area contributed by atoms with E-state index in [0.29, 0.717) is 27.9 Å². The maximum absolute atomic E-state index is 13.1. The summed E-state index contributed by atoms with van der Waals surface area (Å²) in [6, 6.07) is 12.6. The summed E-state index contributed by atoms with van der Waals surface area (Å²) in [5, 5.41) is 0.619. The van der Waals surface area contributed by atoms with Gasteiger partial charge in [0.05, 0.1) is 5.52 Å². The third-order valence-corrected chi connectivity index (χ3v) is 3.90. The number of halogens is 3. The first kappa shape index (κ1) is 15.4. The minimum atomic E-state index is -2.56. The van der Waals surface area contributed by atoms with Crippen molar-refractivity contribution in [1.29, 1.82) is 0 Å². The number of alkyl halides is 2. The van der Waals surface area contributed by atoms with Gasteiger partial charge in [-0.05, 0) is 36.4 Å². The third-order valence-electron chi connectivity index (χ3n) is 3.90. The minimum Gasteiger partial charge on any atom is -0.443 e. The molecule has 4 rings (SSSR count). The number of pyridine rings is 1. The van der Waals surface area contributed by atoms with Gasteiger partial charge in [-0.3, -0.25) is 4.98 Å². The largest absolute Gasteiger partial charge is 0.443 e. The van der Waals surface area contributed by atoms with E-state index in [1.807, 2.05) is 0 Å². The van der Waals surface area contributed by atoms with Crippen LogP contribution in [0.25, 0.3) is 33.5 Å². The Balaban J connectivity index is 1.79. The fourth-order valence-corrected chi connectivity index (χ4v) is 2.66. The van der Waals surface area contributed by atoms with Gasteiger partial charge in [-0.2, -0.15) is 0 Å². The monoisotopic (exact) mass is 340 g/mol. The SMILES string of the molecule is Fc1ccc(-c2ocnc2-c2ccc3cc(C(F)F)cnc3c2)cc1. The third kappa shape index (κ3) is 2.87. The molecule has 0 aliphatic rings. The van der Waals surface area contributed by atoms with E-state index in [1.165, 1.54) is 30.8 Å². The second-order valence-corrected chi connectivity index (χ2v) is 5.51. The van der Waals surface area contributed by atoms with Crippen LogP contribution >= 0.6 is 0 Å². The lowest BCUT2D eigenvalue weighted by Gasteiger charge is -2.05. The Labute approximate surface area is 140 Å². The smallest absolute Gasteiger partial charge is 0.265 e. The molecule has 2 aromatic heterocycles. The number of hydrogen-bond acceptors (Lipinski definition) is 3. The van der Waals surface area contributed by atoms with Crippen LogP contribution < -0.4 is 0 Å². The van der Waals surface area contributed by atoms with E-state index in [0.717, 1.165) is 5.56 Å². The fourth-order valence-electron chi connectivity index (χ4n) is 2.66. The van der Waals surface area contributed by atoms with Crippen molar-refractivity contribution in [3.8, 4) is 22.6 Å². The Kier molecular flexibility index (Phi) is 3.72. The number of hydrogen-bond donors (Lipinski definition) is 0. The second kappa shape index (κ2) is 6.05. The molecule has 0 saturated carbocycles. The van der Waals surface area contributed by atoms with Gasteiger partial charge >= 0.3 is 0 Å². The summed E-state index contributed by atoms with van der Waals surface area (Å²) in [4.78, 5) is 8.33. The summed E-state index contributed by atoms with van der Waals surface area (Å²) in [6.07, 6.45) is -0.0800. The van der Waals surface area contributed by atoms with Crippen molar-refractivity contribution < 1.29 is 17.6 Å². The zero-order valence-electron chi connectivity index (χ0n) is 12.8. The van der Waals surface area contributed by atoms with E-state index in [4.69, 9.17) is 4.42 Å². The average molecular weight is 340 g/mol. The van der Waals surface area contributed by atoms with Crippen LogP contribution in [0.5, 0.6) is 0 Å². The van der Waals surface area contributed by atoms with Crippen molar-refractivity contribution in [3.63, 3.8) is 0 Å². The fraction of sp³-hybridized carbons (Fsp3) is 0.0526. The molecule has 0 N–H and O–H groups in total. The predicted octanol–water partition coefficient (Wildman–Crippen LogP) is 5.63. The molecule has 3 nitrogen and oxygen atoms in total. The molecule has 0 aliphatic carbocycles. The van der Waals surface area contributed by atoms with Crippen LogP contribution in [0.1, 0.15) is 12.0 Å². The maximum atomic E-state index is 13.1. The van der Waals surface area contributed by atoms with Crippen LogP contribution in [0.4, 0.5) is 13.2 Å². The number of rotatable bonds is 3. The van der Waals surface area contributed by atoms with Crippen molar-refractivity contribution in [2.75, 3.05) is 0 Å². The van der Waals surface area contributed by atoms with Crippen molar-refractivity contribution in [2.24, 2.45) is 0 Å². The molecule has 0 bridgehead atoms. The molecule has 0 saturated heterocycles. The lowest BCUT2D eigenvalue weighted by atomic mass is 10.0. The number of fused-ring (bicyclic) bond motifs is 1. The maximum Gasteiger partial charge on any atom is 0.265 e. The van der Waals surface area contributed by atoms with Crippen molar-refractivity contribution in [2.45, 2.75) is 6.43 Å². The molecule has 124 valence electrons. The van der Waals surface area contributed by atoms with Gasteiger partial charge in [0.15, 0.2) is 12.2 Å². The first-order chi connectivity index (χ1) is 12.1. The standard InChI is InChI=1S/C19H11F3N2O/c20-15-5-3-11(4-6-15)18-17(24-10-25-18)13-2-1-12-7-14(19(21)22)9-23-16(12)8-13/h1-10,19H. The first-order valence-electron chi connectivity index (χ1n) is 7.49. The first-order valence-corrected chi connectivity index (χ1v) is 7.49. The Bertz CT molecular complexity index is 1040. The predicted molar refractivity (Wildman–Crippen MR) is 87.6 cm³/mol. The summed E-state index contributed by atoms with van der Waals surface area (Å²) in [7, 11) is 0. The normalized spacial score (nSPS) is 11.4. The Hall–Kier alpha value is -3.15. The van der Waals surface area contributed by atoms with Gasteiger partial charge in [0, 0.05) is 28.3 Å². The molecule has 0 radical (unpaired) electrons. The molecule has 25 heavy (non-hydrogen) atoms. The van der Waals surface area contributed by atoms with Gasteiger partial charge in [0.25, 0.3) is 6.43 Å².